The maximum atomic E-state index is 15.2. The van der Waals surface area contributed by atoms with Crippen molar-refractivity contribution in [1.82, 2.24) is 50.1 Å². The first-order chi connectivity index (χ1) is 42.4. The molecule has 12 rings (SSSR count). The van der Waals surface area contributed by atoms with Gasteiger partial charge in [0.05, 0.1) is 38.6 Å². The lowest BCUT2D eigenvalue weighted by Gasteiger charge is -2.35. The molecule has 462 valence electrons. The number of aromatic nitrogens is 5. The first kappa shape index (κ1) is 60.6. The van der Waals surface area contributed by atoms with Crippen LogP contribution in [0.15, 0.2) is 84.5 Å². The van der Waals surface area contributed by atoms with Crippen LogP contribution in [0.2, 0.25) is 0 Å². The molecule has 4 fully saturated rings. The SMILES string of the molecule is Cc1ncsc1-c1ccc(CNC(=O)[C@@H]2C[C@@H](O)CN2C(=O)[C@@H](NC(=O)C2(F)CC2)C(C)(C)C)c(OCCN2CCN(C(=O)c3nc(N4CCc5cccc(C(=O)Nc6nc7ccccc7s6)c5C4)ccc3-c3cnn(CC4CCCCC4)c3C)CC2)c1. The van der Waals surface area contributed by atoms with Gasteiger partial charge in [-0.3, -0.25) is 38.9 Å². The summed E-state index contributed by atoms with van der Waals surface area (Å²) in [6.07, 6.45) is 7.91. The van der Waals surface area contributed by atoms with Crippen molar-refractivity contribution in [1.29, 1.82) is 0 Å². The molecule has 2 aliphatic carbocycles. The molecule has 3 aliphatic heterocycles. The summed E-state index contributed by atoms with van der Waals surface area (Å²) < 4.78 is 24.5. The number of carbonyl (C=O) groups is 5. The topological polar surface area (TPSA) is 220 Å². The van der Waals surface area contributed by atoms with Crippen LogP contribution in [0.3, 0.4) is 0 Å². The molecular weight excluding hydrogens is 1160 g/mol. The summed E-state index contributed by atoms with van der Waals surface area (Å²) in [6, 6.07) is 21.4. The van der Waals surface area contributed by atoms with Gasteiger partial charge in [0, 0.05) is 99.8 Å². The third-order valence-corrected chi connectivity index (χ3v) is 20.1. The lowest BCUT2D eigenvalue weighted by molar-refractivity contribution is -0.145. The zero-order valence-corrected chi connectivity index (χ0v) is 52.3. The molecule has 2 saturated heterocycles. The quantitative estimate of drug-likeness (QED) is 0.0631. The number of nitrogens with zero attached hydrogens (tertiary/aromatic N) is 9. The number of benzene rings is 3. The molecule has 7 aromatic rings. The van der Waals surface area contributed by atoms with Crippen LogP contribution in [-0.2, 0) is 40.4 Å². The van der Waals surface area contributed by atoms with Gasteiger partial charge in [0.1, 0.15) is 36.0 Å². The fraction of sp³-hybridized carbons (Fsp3) is 0.470. The van der Waals surface area contributed by atoms with Gasteiger partial charge in [-0.2, -0.15) is 5.10 Å². The molecule has 0 spiro atoms. The number of ether oxygens (including phenoxy) is 1. The van der Waals surface area contributed by atoms with Gasteiger partial charge in [-0.1, -0.05) is 87.8 Å². The Hall–Kier alpha value is -7.66. The van der Waals surface area contributed by atoms with Crippen LogP contribution in [0.4, 0.5) is 15.3 Å². The highest BCUT2D eigenvalue weighted by molar-refractivity contribution is 7.22. The number of fused-ring (bicyclic) bond motifs is 2. The number of thiazole rings is 2. The zero-order chi connectivity index (χ0) is 61.4. The Morgan fingerprint density at radius 2 is 1.70 bits per heavy atom. The molecule has 0 unspecified atom stereocenters. The lowest BCUT2D eigenvalue weighted by Crippen LogP contribution is -2.59. The van der Waals surface area contributed by atoms with Gasteiger partial charge in [-0.25, -0.2) is 19.3 Å². The molecule has 7 heterocycles. The number of aliphatic hydroxyl groups excluding tert-OH is 1. The van der Waals surface area contributed by atoms with Crippen LogP contribution in [0.5, 0.6) is 5.75 Å². The van der Waals surface area contributed by atoms with E-state index < -0.39 is 47.0 Å². The van der Waals surface area contributed by atoms with E-state index in [1.54, 1.807) is 26.3 Å². The number of hydrogen-bond acceptors (Lipinski definition) is 15. The van der Waals surface area contributed by atoms with Crippen molar-refractivity contribution in [3.05, 3.63) is 124 Å². The second-order valence-electron chi connectivity index (χ2n) is 25.4. The van der Waals surface area contributed by atoms with Crippen molar-refractivity contribution in [2.75, 3.05) is 62.6 Å². The summed E-state index contributed by atoms with van der Waals surface area (Å²) in [4.78, 5) is 93.2. The summed E-state index contributed by atoms with van der Waals surface area (Å²) in [5, 5.41) is 24.9. The van der Waals surface area contributed by atoms with E-state index in [0.717, 1.165) is 60.8 Å². The van der Waals surface area contributed by atoms with E-state index in [1.165, 1.54) is 59.7 Å². The number of nitrogens with one attached hydrogen (secondary N) is 3. The number of piperazine rings is 1. The van der Waals surface area contributed by atoms with E-state index in [9.17, 15) is 28.7 Å². The summed E-state index contributed by atoms with van der Waals surface area (Å²) in [5.41, 5.74) is 7.89. The highest BCUT2D eigenvalue weighted by atomic mass is 32.1. The fourth-order valence-electron chi connectivity index (χ4n) is 12.8. The number of alkyl halides is 1. The number of rotatable bonds is 18. The van der Waals surface area contributed by atoms with Crippen LogP contribution in [0.1, 0.15) is 121 Å². The van der Waals surface area contributed by atoms with Gasteiger partial charge in [0.15, 0.2) is 10.8 Å². The number of likely N-dealkylation sites (tertiary alicyclic amines) is 1. The standard InChI is InChI=1S/C66H77FN12O7S2/c1-40-57(87-39-69-40)44-18-19-45(34-68-60(82)52-33-46(80)37-78(52)62(84)58(65(3,4)5)73-63(85)66(67)23-24-66)53(32-44)86-31-30-75-26-28-76(29-27-75)61(83)56-47(49-35-70-79(41(49)2)36-42-12-7-6-8-13-42)20-21-55(72-56)77-25-22-43-14-11-15-48(50(43)38-77)59(81)74-64-71-51-16-9-10-17-54(51)88-64/h9-11,14-21,32,35,39,42,46,52,58,80H,6-8,12-13,22-31,33-34,36-38H2,1-5H3,(H,68,82)(H,73,85)(H,71,74,81)/t46-,52+,58-/m1/s1. The van der Waals surface area contributed by atoms with Crippen LogP contribution in [0, 0.1) is 25.2 Å². The zero-order valence-electron chi connectivity index (χ0n) is 50.7. The number of amides is 5. The minimum atomic E-state index is -1.99. The predicted octanol–water partition coefficient (Wildman–Crippen LogP) is 9.14. The molecule has 0 radical (unpaired) electrons. The molecule has 4 aromatic heterocycles. The second-order valence-corrected chi connectivity index (χ2v) is 27.3. The van der Waals surface area contributed by atoms with E-state index in [1.807, 2.05) is 84.8 Å². The molecule has 4 N–H and O–H groups in total. The summed E-state index contributed by atoms with van der Waals surface area (Å²) in [6.45, 7) is 14.2. The van der Waals surface area contributed by atoms with Crippen LogP contribution in [0.25, 0.3) is 31.8 Å². The van der Waals surface area contributed by atoms with Crippen molar-refractivity contribution < 1.29 is 38.2 Å². The number of carbonyl (C=O) groups excluding carboxylic acids is 5. The van der Waals surface area contributed by atoms with Gasteiger partial charge >= 0.3 is 0 Å². The smallest absolute Gasteiger partial charge is 0.273 e. The van der Waals surface area contributed by atoms with E-state index >= 15 is 4.79 Å². The number of aryl methyl sites for hydroxylation is 1. The Labute approximate surface area is 520 Å². The fourth-order valence-corrected chi connectivity index (χ4v) is 14.4. The lowest BCUT2D eigenvalue weighted by atomic mass is 9.85. The molecule has 88 heavy (non-hydrogen) atoms. The maximum Gasteiger partial charge on any atom is 0.273 e. The van der Waals surface area contributed by atoms with Gasteiger partial charge in [-0.05, 0) is 110 Å². The number of para-hydroxylation sites is 1. The molecule has 0 bridgehead atoms. The molecule has 5 aliphatic rings. The van der Waals surface area contributed by atoms with Crippen molar-refractivity contribution >= 4 is 73.4 Å². The van der Waals surface area contributed by atoms with Crippen LogP contribution >= 0.6 is 22.7 Å². The van der Waals surface area contributed by atoms with E-state index in [0.29, 0.717) is 98.3 Å². The Balaban J connectivity index is 0.728. The second kappa shape index (κ2) is 25.4. The van der Waals surface area contributed by atoms with Crippen LogP contribution in [-0.4, -0.2) is 150 Å². The minimum Gasteiger partial charge on any atom is -0.492 e. The molecule has 5 amide bonds. The van der Waals surface area contributed by atoms with Crippen molar-refractivity contribution in [2.24, 2.45) is 11.3 Å². The molecule has 19 nitrogen and oxygen atoms in total. The number of anilines is 2. The highest BCUT2D eigenvalue weighted by Crippen LogP contribution is 2.41. The Morgan fingerprint density at radius 3 is 2.45 bits per heavy atom. The normalized spacial score (nSPS) is 19.1. The predicted molar refractivity (Wildman–Crippen MR) is 338 cm³/mol. The Kier molecular flexibility index (Phi) is 17.5. The summed E-state index contributed by atoms with van der Waals surface area (Å²) in [5.74, 6) is -0.470. The van der Waals surface area contributed by atoms with Gasteiger partial charge < -0.3 is 35.2 Å². The maximum absolute atomic E-state index is 15.2. The third-order valence-electron chi connectivity index (χ3n) is 18.2. The first-order valence-electron chi connectivity index (χ1n) is 30.9. The Morgan fingerprint density at radius 1 is 0.909 bits per heavy atom. The average Bonchev–Trinajstić information content (AvgIpc) is 1.61. The Bertz CT molecular complexity index is 3730. The molecule has 2 saturated carbocycles. The summed E-state index contributed by atoms with van der Waals surface area (Å²) in [7, 11) is 0. The van der Waals surface area contributed by atoms with Crippen LogP contribution < -0.4 is 25.6 Å². The number of pyridine rings is 1. The number of hydrogen-bond donors (Lipinski definition) is 4. The van der Waals surface area contributed by atoms with E-state index in [4.69, 9.17) is 14.8 Å². The molecule has 3 aromatic carbocycles. The summed E-state index contributed by atoms with van der Waals surface area (Å²) >= 11 is 2.96. The van der Waals surface area contributed by atoms with Crippen molar-refractivity contribution in [3.63, 3.8) is 0 Å². The average molecular weight is 1230 g/mol. The van der Waals surface area contributed by atoms with Gasteiger partial charge in [0.2, 0.25) is 11.8 Å². The monoisotopic (exact) mass is 1230 g/mol. The molecule has 3 atom stereocenters. The van der Waals surface area contributed by atoms with Gasteiger partial charge in [0.25, 0.3) is 17.7 Å². The number of β-amino-alcohol motifs (C(OH)–C–C–N with tert-alkyl or cyclic N) is 1. The number of aliphatic hydroxyl groups is 1. The van der Waals surface area contributed by atoms with Crippen molar-refractivity contribution in [2.45, 2.75) is 136 Å². The van der Waals surface area contributed by atoms with Gasteiger partial charge in [-0.15, -0.1) is 11.3 Å². The largest absolute Gasteiger partial charge is 0.492 e. The number of halogens is 1. The molecular formula is C66H77FN12O7S2. The molecule has 22 heteroatoms. The van der Waals surface area contributed by atoms with E-state index in [-0.39, 0.29) is 44.2 Å². The minimum absolute atomic E-state index is 0.00206. The highest BCUT2D eigenvalue weighted by Gasteiger charge is 2.53. The third kappa shape index (κ3) is 13.1. The van der Waals surface area contributed by atoms with Crippen molar-refractivity contribution in [3.8, 4) is 27.3 Å². The van der Waals surface area contributed by atoms with E-state index in [2.05, 4.69) is 53.4 Å². The first-order valence-corrected chi connectivity index (χ1v) is 32.6.